The monoisotopic (exact) mass is 386 g/mol. The molecule has 3 rings (SSSR count). The number of benzene rings is 2. The Balaban J connectivity index is 1.68. The van der Waals surface area contributed by atoms with E-state index in [-0.39, 0.29) is 11.9 Å². The van der Waals surface area contributed by atoms with E-state index in [1.165, 1.54) is 6.26 Å². The summed E-state index contributed by atoms with van der Waals surface area (Å²) < 4.78 is 25.6. The van der Waals surface area contributed by atoms with Crippen LogP contribution in [0, 0.1) is 0 Å². The van der Waals surface area contributed by atoms with Crippen molar-refractivity contribution < 1.29 is 13.2 Å². The molecule has 144 valence electrons. The standard InChI is InChI=1S/C21H26N2O3S/c1-27(25,26)22-19-11-7-14-23(15-13-19)21(24)16-18-10-5-6-12-20(18)17-8-3-2-4-9-17/h2-6,8-10,12,19,22H,7,11,13-16H2,1H3. The van der Waals surface area contributed by atoms with Crippen molar-refractivity contribution in [2.24, 2.45) is 0 Å². The predicted octanol–water partition coefficient (Wildman–Crippen LogP) is 2.83. The fraction of sp³-hybridized carbons (Fsp3) is 0.381. The van der Waals surface area contributed by atoms with Gasteiger partial charge in [-0.15, -0.1) is 0 Å². The Kier molecular flexibility index (Phi) is 6.29. The summed E-state index contributed by atoms with van der Waals surface area (Å²) in [6.45, 7) is 1.26. The second-order valence-corrected chi connectivity index (χ2v) is 8.88. The van der Waals surface area contributed by atoms with Crippen LogP contribution in [0.25, 0.3) is 11.1 Å². The van der Waals surface area contributed by atoms with E-state index in [1.54, 1.807) is 0 Å². The average molecular weight is 387 g/mol. The summed E-state index contributed by atoms with van der Waals surface area (Å²) >= 11 is 0. The zero-order valence-electron chi connectivity index (χ0n) is 15.6. The maximum absolute atomic E-state index is 12.9. The molecule has 2 aromatic carbocycles. The summed E-state index contributed by atoms with van der Waals surface area (Å²) in [6.07, 6.45) is 3.76. The molecule has 27 heavy (non-hydrogen) atoms. The van der Waals surface area contributed by atoms with Crippen LogP contribution in [0.15, 0.2) is 54.6 Å². The van der Waals surface area contributed by atoms with Crippen molar-refractivity contribution in [2.45, 2.75) is 31.7 Å². The van der Waals surface area contributed by atoms with Gasteiger partial charge in [-0.2, -0.15) is 0 Å². The third kappa shape index (κ3) is 5.65. The smallest absolute Gasteiger partial charge is 0.227 e. The minimum Gasteiger partial charge on any atom is -0.342 e. The third-order valence-electron chi connectivity index (χ3n) is 4.91. The van der Waals surface area contributed by atoms with Gasteiger partial charge in [0.1, 0.15) is 0 Å². The van der Waals surface area contributed by atoms with Crippen LogP contribution in [0.2, 0.25) is 0 Å². The van der Waals surface area contributed by atoms with Crippen molar-refractivity contribution in [1.29, 1.82) is 0 Å². The van der Waals surface area contributed by atoms with Crippen LogP contribution in [0.4, 0.5) is 0 Å². The number of amides is 1. The second kappa shape index (κ2) is 8.67. The summed E-state index contributed by atoms with van der Waals surface area (Å²) in [4.78, 5) is 14.7. The summed E-state index contributed by atoms with van der Waals surface area (Å²) in [5.41, 5.74) is 3.20. The Morgan fingerprint density at radius 1 is 1.04 bits per heavy atom. The van der Waals surface area contributed by atoms with Gasteiger partial charge in [-0.1, -0.05) is 54.6 Å². The van der Waals surface area contributed by atoms with Gasteiger partial charge in [-0.25, -0.2) is 13.1 Å². The van der Waals surface area contributed by atoms with Gasteiger partial charge in [0.2, 0.25) is 15.9 Å². The van der Waals surface area contributed by atoms with Gasteiger partial charge in [-0.05, 0) is 36.0 Å². The molecule has 1 N–H and O–H groups in total. The maximum Gasteiger partial charge on any atom is 0.227 e. The highest BCUT2D eigenvalue weighted by molar-refractivity contribution is 7.88. The van der Waals surface area contributed by atoms with Gasteiger partial charge in [0.25, 0.3) is 0 Å². The van der Waals surface area contributed by atoms with Crippen molar-refractivity contribution in [2.75, 3.05) is 19.3 Å². The highest BCUT2D eigenvalue weighted by Crippen LogP contribution is 2.24. The Labute approximate surface area is 161 Å². The van der Waals surface area contributed by atoms with Gasteiger partial charge in [0.05, 0.1) is 12.7 Å². The van der Waals surface area contributed by atoms with E-state index >= 15 is 0 Å². The van der Waals surface area contributed by atoms with Crippen LogP contribution < -0.4 is 4.72 Å². The topological polar surface area (TPSA) is 66.5 Å². The molecule has 0 aromatic heterocycles. The SMILES string of the molecule is CS(=O)(=O)NC1CCCN(C(=O)Cc2ccccc2-c2ccccc2)CC1. The largest absolute Gasteiger partial charge is 0.342 e. The van der Waals surface area contributed by atoms with Gasteiger partial charge < -0.3 is 4.90 Å². The molecular weight excluding hydrogens is 360 g/mol. The van der Waals surface area contributed by atoms with Gasteiger partial charge in [0, 0.05) is 19.1 Å². The molecule has 1 aliphatic rings. The molecule has 1 heterocycles. The van der Waals surface area contributed by atoms with Crippen LogP contribution in [0.1, 0.15) is 24.8 Å². The first-order chi connectivity index (χ1) is 12.9. The van der Waals surface area contributed by atoms with Gasteiger partial charge in [0.15, 0.2) is 0 Å². The lowest BCUT2D eigenvalue weighted by atomic mass is 9.97. The van der Waals surface area contributed by atoms with Crippen LogP contribution in [0.3, 0.4) is 0 Å². The number of carbonyl (C=O) groups excluding carboxylic acids is 1. The van der Waals surface area contributed by atoms with Gasteiger partial charge >= 0.3 is 0 Å². The Hall–Kier alpha value is -2.18. The van der Waals surface area contributed by atoms with Crippen LogP contribution in [-0.2, 0) is 21.2 Å². The van der Waals surface area contributed by atoms with E-state index in [0.29, 0.717) is 25.9 Å². The summed E-state index contributed by atoms with van der Waals surface area (Å²) in [5.74, 6) is 0.0957. The van der Waals surface area contributed by atoms with Crippen molar-refractivity contribution in [3.8, 4) is 11.1 Å². The number of carbonyl (C=O) groups is 1. The number of sulfonamides is 1. The van der Waals surface area contributed by atoms with E-state index in [2.05, 4.69) is 16.9 Å². The van der Waals surface area contributed by atoms with Crippen molar-refractivity contribution in [3.63, 3.8) is 0 Å². The molecule has 2 aromatic rings. The van der Waals surface area contributed by atoms with Crippen LogP contribution in [-0.4, -0.2) is 44.6 Å². The number of nitrogens with zero attached hydrogens (tertiary/aromatic N) is 1. The van der Waals surface area contributed by atoms with Gasteiger partial charge in [-0.3, -0.25) is 4.79 Å². The molecule has 1 atom stereocenters. The first kappa shape index (κ1) is 19.6. The number of nitrogens with one attached hydrogen (secondary N) is 1. The molecule has 0 radical (unpaired) electrons. The number of hydrogen-bond donors (Lipinski definition) is 1. The normalized spacial score (nSPS) is 18.1. The average Bonchev–Trinajstić information content (AvgIpc) is 2.87. The minimum absolute atomic E-state index is 0.0885. The van der Waals surface area contributed by atoms with Crippen LogP contribution in [0.5, 0.6) is 0 Å². The van der Waals surface area contributed by atoms with Crippen molar-refractivity contribution in [3.05, 3.63) is 60.2 Å². The number of hydrogen-bond acceptors (Lipinski definition) is 3. The lowest BCUT2D eigenvalue weighted by Gasteiger charge is -2.21. The molecular formula is C21H26N2O3S. The molecule has 5 nitrogen and oxygen atoms in total. The minimum atomic E-state index is -3.22. The summed E-state index contributed by atoms with van der Waals surface area (Å²) in [5, 5.41) is 0. The molecule has 0 saturated carbocycles. The maximum atomic E-state index is 12.9. The highest BCUT2D eigenvalue weighted by Gasteiger charge is 2.23. The first-order valence-electron chi connectivity index (χ1n) is 9.31. The summed E-state index contributed by atoms with van der Waals surface area (Å²) in [6, 6.07) is 18.0. The van der Waals surface area contributed by atoms with E-state index in [0.717, 1.165) is 29.5 Å². The molecule has 1 saturated heterocycles. The molecule has 6 heteroatoms. The molecule has 1 aliphatic heterocycles. The first-order valence-corrected chi connectivity index (χ1v) is 11.2. The molecule has 1 unspecified atom stereocenters. The third-order valence-corrected chi connectivity index (χ3v) is 5.67. The molecule has 1 amide bonds. The molecule has 0 bridgehead atoms. The number of rotatable bonds is 5. The van der Waals surface area contributed by atoms with E-state index < -0.39 is 10.0 Å². The summed E-state index contributed by atoms with van der Waals surface area (Å²) in [7, 11) is -3.22. The Bertz CT molecular complexity index is 881. The quantitative estimate of drug-likeness (QED) is 0.859. The Morgan fingerprint density at radius 2 is 1.74 bits per heavy atom. The predicted molar refractivity (Wildman–Crippen MR) is 108 cm³/mol. The Morgan fingerprint density at radius 3 is 2.48 bits per heavy atom. The molecule has 0 spiro atoms. The second-order valence-electron chi connectivity index (χ2n) is 7.10. The lowest BCUT2D eigenvalue weighted by molar-refractivity contribution is -0.130. The molecule has 1 fully saturated rings. The van der Waals surface area contributed by atoms with E-state index in [4.69, 9.17) is 0 Å². The zero-order valence-corrected chi connectivity index (χ0v) is 16.4. The fourth-order valence-corrected chi connectivity index (χ4v) is 4.46. The lowest BCUT2D eigenvalue weighted by Crippen LogP contribution is -2.36. The number of likely N-dealkylation sites (tertiary alicyclic amines) is 1. The highest BCUT2D eigenvalue weighted by atomic mass is 32.2. The fourth-order valence-electron chi connectivity index (χ4n) is 3.61. The van der Waals surface area contributed by atoms with Crippen molar-refractivity contribution >= 4 is 15.9 Å². The molecule has 0 aliphatic carbocycles. The van der Waals surface area contributed by atoms with E-state index in [1.807, 2.05) is 47.4 Å². The van der Waals surface area contributed by atoms with Crippen LogP contribution >= 0.6 is 0 Å². The zero-order chi connectivity index (χ0) is 19.3. The van der Waals surface area contributed by atoms with Crippen molar-refractivity contribution in [1.82, 2.24) is 9.62 Å². The van der Waals surface area contributed by atoms with E-state index in [9.17, 15) is 13.2 Å².